The van der Waals surface area contributed by atoms with Crippen LogP contribution in [0.1, 0.15) is 18.2 Å². The number of rotatable bonds is 5. The number of hydrogen-bond acceptors (Lipinski definition) is 6. The SMILES string of the molecule is COC(=O)[C@H](C)Oc1cc(Oc2c(C#N)c(C(F)(F)F)nn2C)c(Cl)cc1Cl. The van der Waals surface area contributed by atoms with Crippen LogP contribution >= 0.6 is 23.2 Å². The number of nitriles is 1. The van der Waals surface area contributed by atoms with Gasteiger partial charge in [-0.2, -0.15) is 23.5 Å². The van der Waals surface area contributed by atoms with Gasteiger partial charge in [-0.3, -0.25) is 0 Å². The maximum Gasteiger partial charge on any atom is 0.436 e. The maximum absolute atomic E-state index is 13.0. The number of aromatic nitrogens is 2. The summed E-state index contributed by atoms with van der Waals surface area (Å²) >= 11 is 12.0. The summed E-state index contributed by atoms with van der Waals surface area (Å²) in [5.74, 6) is -1.35. The Morgan fingerprint density at radius 3 is 2.43 bits per heavy atom. The number of methoxy groups -OCH3 is 1. The molecule has 150 valence electrons. The Bertz CT molecular complexity index is 954. The van der Waals surface area contributed by atoms with E-state index in [1.165, 1.54) is 39.3 Å². The highest BCUT2D eigenvalue weighted by atomic mass is 35.5. The third-order valence-electron chi connectivity index (χ3n) is 3.40. The molecule has 0 spiro atoms. The summed E-state index contributed by atoms with van der Waals surface area (Å²) in [7, 11) is 2.34. The largest absolute Gasteiger partial charge is 0.477 e. The van der Waals surface area contributed by atoms with Crippen LogP contribution in [0.3, 0.4) is 0 Å². The van der Waals surface area contributed by atoms with E-state index in [4.69, 9.17) is 37.9 Å². The molecule has 2 aromatic rings. The standard InChI is InChI=1S/C16H12Cl2F3N3O4/c1-7(15(25)26-3)27-11-5-12(10(18)4-9(11)17)28-14-8(6-22)13(16(19,20)21)23-24(14)2/h4-5,7H,1-3H3/t7-/m0/s1. The van der Waals surface area contributed by atoms with Gasteiger partial charge in [0.2, 0.25) is 5.88 Å². The summed E-state index contributed by atoms with van der Waals surface area (Å²) in [6.07, 6.45) is -5.88. The van der Waals surface area contributed by atoms with Gasteiger partial charge in [-0.15, -0.1) is 0 Å². The summed E-state index contributed by atoms with van der Waals surface area (Å²) < 4.78 is 55.1. The van der Waals surface area contributed by atoms with Crippen LogP contribution in [-0.4, -0.2) is 29.0 Å². The molecular weight excluding hydrogens is 426 g/mol. The Kier molecular flexibility index (Phi) is 6.31. The Balaban J connectivity index is 2.45. The van der Waals surface area contributed by atoms with Crippen LogP contribution in [0, 0.1) is 11.3 Å². The highest BCUT2D eigenvalue weighted by Gasteiger charge is 2.40. The van der Waals surface area contributed by atoms with Crippen molar-refractivity contribution in [3.05, 3.63) is 33.4 Å². The van der Waals surface area contributed by atoms with Gasteiger partial charge in [-0.1, -0.05) is 23.2 Å². The minimum atomic E-state index is -4.85. The highest BCUT2D eigenvalue weighted by Crippen LogP contribution is 2.41. The van der Waals surface area contributed by atoms with Gasteiger partial charge < -0.3 is 14.2 Å². The monoisotopic (exact) mass is 437 g/mol. The first kappa shape index (κ1) is 21.7. The topological polar surface area (TPSA) is 86.4 Å². The van der Waals surface area contributed by atoms with Gasteiger partial charge >= 0.3 is 12.1 Å². The lowest BCUT2D eigenvalue weighted by atomic mass is 10.2. The lowest BCUT2D eigenvalue weighted by molar-refractivity contribution is -0.148. The van der Waals surface area contributed by atoms with E-state index in [1.807, 2.05) is 0 Å². The molecule has 0 aliphatic heterocycles. The molecule has 0 bridgehead atoms. The van der Waals surface area contributed by atoms with Crippen LogP contribution in [-0.2, 0) is 22.8 Å². The molecule has 0 saturated heterocycles. The summed E-state index contributed by atoms with van der Waals surface area (Å²) in [6, 6.07) is 3.81. The Labute approximate surface area is 167 Å². The molecule has 7 nitrogen and oxygen atoms in total. The van der Waals surface area contributed by atoms with Gasteiger partial charge in [-0.25, -0.2) is 9.48 Å². The lowest BCUT2D eigenvalue weighted by Crippen LogP contribution is -2.25. The molecular formula is C16H12Cl2F3N3O4. The van der Waals surface area contributed by atoms with Crippen LogP contribution in [0.2, 0.25) is 10.0 Å². The van der Waals surface area contributed by atoms with Crippen LogP contribution in [0.15, 0.2) is 12.1 Å². The number of ether oxygens (including phenoxy) is 3. The predicted molar refractivity (Wildman–Crippen MR) is 91.6 cm³/mol. The third-order valence-corrected chi connectivity index (χ3v) is 4.00. The van der Waals surface area contributed by atoms with E-state index in [9.17, 15) is 18.0 Å². The summed E-state index contributed by atoms with van der Waals surface area (Å²) in [5.41, 5.74) is -2.21. The molecule has 1 heterocycles. The zero-order chi connectivity index (χ0) is 21.2. The van der Waals surface area contributed by atoms with E-state index >= 15 is 0 Å². The van der Waals surface area contributed by atoms with Crippen molar-refractivity contribution in [2.24, 2.45) is 7.05 Å². The zero-order valence-electron chi connectivity index (χ0n) is 14.6. The smallest absolute Gasteiger partial charge is 0.436 e. The third kappa shape index (κ3) is 4.43. The molecule has 28 heavy (non-hydrogen) atoms. The Hall–Kier alpha value is -2.64. The van der Waals surface area contributed by atoms with E-state index in [0.717, 1.165) is 4.68 Å². The Morgan fingerprint density at radius 2 is 1.89 bits per heavy atom. The normalized spacial score (nSPS) is 12.2. The van der Waals surface area contributed by atoms with Crippen molar-refractivity contribution in [2.45, 2.75) is 19.2 Å². The summed E-state index contributed by atoms with van der Waals surface area (Å²) in [5, 5.41) is 12.4. The molecule has 0 unspecified atom stereocenters. The highest BCUT2D eigenvalue weighted by molar-refractivity contribution is 6.36. The number of halogens is 5. The second-order valence-electron chi connectivity index (χ2n) is 5.36. The van der Waals surface area contributed by atoms with Gasteiger partial charge in [-0.05, 0) is 13.0 Å². The van der Waals surface area contributed by atoms with Gasteiger partial charge in [0.05, 0.1) is 17.2 Å². The van der Waals surface area contributed by atoms with Crippen molar-refractivity contribution in [1.29, 1.82) is 5.26 Å². The molecule has 0 amide bonds. The summed E-state index contributed by atoms with van der Waals surface area (Å²) in [6.45, 7) is 1.40. The van der Waals surface area contributed by atoms with Crippen LogP contribution in [0.4, 0.5) is 13.2 Å². The molecule has 0 N–H and O–H groups in total. The number of benzene rings is 1. The molecule has 0 saturated carbocycles. The lowest BCUT2D eigenvalue weighted by Gasteiger charge is -2.16. The molecule has 1 aromatic carbocycles. The van der Waals surface area contributed by atoms with Gasteiger partial charge in [0.1, 0.15) is 17.4 Å². The number of aryl methyl sites for hydroxylation is 1. The molecule has 1 atom stereocenters. The quantitative estimate of drug-likeness (QED) is 0.646. The second-order valence-corrected chi connectivity index (χ2v) is 6.17. The fraction of sp³-hybridized carbons (Fsp3) is 0.312. The molecule has 0 radical (unpaired) electrons. The number of carbonyl (C=O) groups excluding carboxylic acids is 1. The first-order chi connectivity index (χ1) is 13.0. The number of esters is 1. The molecule has 0 fully saturated rings. The molecule has 0 aliphatic carbocycles. The number of carbonyl (C=O) groups is 1. The molecule has 0 aliphatic rings. The average molecular weight is 438 g/mol. The van der Waals surface area contributed by atoms with Gasteiger partial charge in [0, 0.05) is 13.1 Å². The van der Waals surface area contributed by atoms with E-state index < -0.39 is 35.4 Å². The van der Waals surface area contributed by atoms with Gasteiger partial charge in [0.25, 0.3) is 0 Å². The first-order valence-electron chi connectivity index (χ1n) is 7.45. The van der Waals surface area contributed by atoms with E-state index in [-0.39, 0.29) is 21.5 Å². The van der Waals surface area contributed by atoms with E-state index in [1.54, 1.807) is 0 Å². The van der Waals surface area contributed by atoms with Crippen LogP contribution < -0.4 is 9.47 Å². The second kappa shape index (κ2) is 8.16. The number of hydrogen-bond donors (Lipinski definition) is 0. The van der Waals surface area contributed by atoms with Crippen molar-refractivity contribution in [1.82, 2.24) is 9.78 Å². The van der Waals surface area contributed by atoms with E-state index in [2.05, 4.69) is 9.84 Å². The van der Waals surface area contributed by atoms with Crippen LogP contribution in [0.25, 0.3) is 0 Å². The number of alkyl halides is 3. The van der Waals surface area contributed by atoms with Crippen molar-refractivity contribution in [3.63, 3.8) is 0 Å². The van der Waals surface area contributed by atoms with Crippen molar-refractivity contribution >= 4 is 29.2 Å². The zero-order valence-corrected chi connectivity index (χ0v) is 16.1. The Morgan fingerprint density at radius 1 is 1.29 bits per heavy atom. The molecule has 2 rings (SSSR count). The fourth-order valence-corrected chi connectivity index (χ4v) is 2.58. The van der Waals surface area contributed by atoms with Crippen LogP contribution in [0.5, 0.6) is 17.4 Å². The first-order valence-corrected chi connectivity index (χ1v) is 8.20. The van der Waals surface area contributed by atoms with Crippen molar-refractivity contribution in [3.8, 4) is 23.4 Å². The van der Waals surface area contributed by atoms with Crippen molar-refractivity contribution < 1.29 is 32.2 Å². The average Bonchev–Trinajstić information content (AvgIpc) is 2.94. The number of nitrogens with zero attached hydrogens (tertiary/aromatic N) is 3. The minimum absolute atomic E-state index is 0.0228. The van der Waals surface area contributed by atoms with Crippen molar-refractivity contribution in [2.75, 3.05) is 7.11 Å². The van der Waals surface area contributed by atoms with E-state index in [0.29, 0.717) is 0 Å². The molecule has 1 aromatic heterocycles. The minimum Gasteiger partial charge on any atom is -0.477 e. The summed E-state index contributed by atoms with van der Waals surface area (Å²) in [4.78, 5) is 11.5. The fourth-order valence-electron chi connectivity index (χ4n) is 2.11. The molecule has 12 heteroatoms. The van der Waals surface area contributed by atoms with Gasteiger partial charge in [0.15, 0.2) is 17.5 Å². The maximum atomic E-state index is 13.0. The predicted octanol–water partition coefficient (Wildman–Crippen LogP) is 4.35.